The first-order valence-corrected chi connectivity index (χ1v) is 8.11. The Morgan fingerprint density at radius 1 is 1.48 bits per heavy atom. The summed E-state index contributed by atoms with van der Waals surface area (Å²) in [4.78, 5) is 12.5. The fraction of sp³-hybridized carbons (Fsp3) is 0.750. The van der Waals surface area contributed by atoms with Crippen molar-refractivity contribution in [2.75, 3.05) is 0 Å². The molecule has 4 atom stereocenters. The lowest BCUT2D eigenvalue weighted by molar-refractivity contribution is -0.123. The third-order valence-corrected chi connectivity index (χ3v) is 5.28. The third-order valence-electron chi connectivity index (χ3n) is 5.28. The van der Waals surface area contributed by atoms with Crippen LogP contribution in [-0.2, 0) is 11.8 Å². The van der Waals surface area contributed by atoms with Gasteiger partial charge in [-0.1, -0.05) is 12.8 Å². The lowest BCUT2D eigenvalue weighted by Crippen LogP contribution is -2.43. The van der Waals surface area contributed by atoms with E-state index in [0.29, 0.717) is 12.0 Å². The van der Waals surface area contributed by atoms with E-state index in [1.807, 2.05) is 31.8 Å². The van der Waals surface area contributed by atoms with Crippen LogP contribution >= 0.6 is 0 Å². The predicted molar refractivity (Wildman–Crippen MR) is 81.8 cm³/mol. The van der Waals surface area contributed by atoms with Crippen LogP contribution in [0, 0.1) is 12.8 Å². The smallest absolute Gasteiger partial charge is 0.237 e. The Morgan fingerprint density at radius 2 is 2.24 bits per heavy atom. The van der Waals surface area contributed by atoms with Crippen molar-refractivity contribution >= 4 is 5.91 Å². The van der Waals surface area contributed by atoms with Crippen molar-refractivity contribution in [2.24, 2.45) is 13.0 Å². The number of aryl methyl sites for hydroxylation is 1. The van der Waals surface area contributed by atoms with Crippen LogP contribution in [0.2, 0.25) is 0 Å². The van der Waals surface area contributed by atoms with Crippen LogP contribution in [0.25, 0.3) is 0 Å². The van der Waals surface area contributed by atoms with Crippen molar-refractivity contribution < 1.29 is 4.79 Å². The molecule has 0 spiro atoms. The van der Waals surface area contributed by atoms with Crippen molar-refractivity contribution in [1.29, 1.82) is 0 Å². The summed E-state index contributed by atoms with van der Waals surface area (Å²) in [7, 11) is 1.93. The van der Waals surface area contributed by atoms with E-state index in [-0.39, 0.29) is 18.0 Å². The van der Waals surface area contributed by atoms with Crippen LogP contribution in [0.1, 0.15) is 56.3 Å². The first-order valence-electron chi connectivity index (χ1n) is 8.11. The zero-order valence-electron chi connectivity index (χ0n) is 13.2. The Bertz CT molecular complexity index is 510. The summed E-state index contributed by atoms with van der Waals surface area (Å²) in [6.07, 6.45) is 7.97. The fourth-order valence-electron chi connectivity index (χ4n) is 3.85. The van der Waals surface area contributed by atoms with Crippen molar-refractivity contribution in [3.63, 3.8) is 0 Å². The first-order chi connectivity index (χ1) is 10.1. The monoisotopic (exact) mass is 290 g/mol. The molecule has 1 saturated heterocycles. The minimum atomic E-state index is -0.0162. The number of carbonyl (C=O) groups is 1. The zero-order chi connectivity index (χ0) is 15.0. The molecule has 2 fully saturated rings. The van der Waals surface area contributed by atoms with Crippen LogP contribution in [0.3, 0.4) is 0 Å². The Labute approximate surface area is 126 Å². The highest BCUT2D eigenvalue weighted by Crippen LogP contribution is 2.33. The van der Waals surface area contributed by atoms with E-state index >= 15 is 0 Å². The minimum absolute atomic E-state index is 0.00984. The molecular formula is C16H26N4O. The average molecular weight is 290 g/mol. The van der Waals surface area contributed by atoms with Crippen LogP contribution in [0.4, 0.5) is 0 Å². The normalized spacial score (nSPS) is 30.0. The highest BCUT2D eigenvalue weighted by molar-refractivity contribution is 5.82. The van der Waals surface area contributed by atoms with Gasteiger partial charge in [-0.2, -0.15) is 5.10 Å². The van der Waals surface area contributed by atoms with Crippen molar-refractivity contribution in [3.05, 3.63) is 17.5 Å². The minimum Gasteiger partial charge on any atom is -0.348 e. The van der Waals surface area contributed by atoms with Gasteiger partial charge in [0.05, 0.1) is 18.3 Å². The summed E-state index contributed by atoms with van der Waals surface area (Å²) >= 11 is 0. The van der Waals surface area contributed by atoms with Gasteiger partial charge in [-0.25, -0.2) is 0 Å². The number of nitrogens with zero attached hydrogens (tertiary/aromatic N) is 2. The molecule has 1 aromatic rings. The van der Waals surface area contributed by atoms with E-state index < -0.39 is 0 Å². The number of hydrogen-bond donors (Lipinski definition) is 2. The molecule has 0 radical (unpaired) electrons. The SMILES string of the molecule is Cc1c([C@H](C)NC(=O)[C@@H]2C[C@@H]3CCCC[C@H]3N2)cnn1C. The Morgan fingerprint density at radius 3 is 2.90 bits per heavy atom. The summed E-state index contributed by atoms with van der Waals surface area (Å²) in [6.45, 7) is 4.07. The predicted octanol–water partition coefficient (Wildman–Crippen LogP) is 1.83. The van der Waals surface area contributed by atoms with Gasteiger partial charge < -0.3 is 10.6 Å². The molecule has 1 saturated carbocycles. The number of rotatable bonds is 3. The van der Waals surface area contributed by atoms with Crippen LogP contribution < -0.4 is 10.6 Å². The number of aromatic nitrogens is 2. The molecule has 1 aliphatic heterocycles. The molecule has 21 heavy (non-hydrogen) atoms. The number of carbonyl (C=O) groups excluding carboxylic acids is 1. The van der Waals surface area contributed by atoms with E-state index in [1.165, 1.54) is 25.7 Å². The molecule has 3 rings (SSSR count). The van der Waals surface area contributed by atoms with Gasteiger partial charge in [0.25, 0.3) is 0 Å². The summed E-state index contributed by atoms with van der Waals surface area (Å²) < 4.78 is 1.85. The van der Waals surface area contributed by atoms with Crippen molar-refractivity contribution in [2.45, 2.75) is 64.1 Å². The molecule has 0 bridgehead atoms. The van der Waals surface area contributed by atoms with Gasteiger partial charge in [0.2, 0.25) is 5.91 Å². The van der Waals surface area contributed by atoms with Crippen LogP contribution in [-0.4, -0.2) is 27.8 Å². The van der Waals surface area contributed by atoms with Gasteiger partial charge in [0.1, 0.15) is 0 Å². The topological polar surface area (TPSA) is 59.0 Å². The molecule has 2 heterocycles. The van der Waals surface area contributed by atoms with E-state index in [4.69, 9.17) is 0 Å². The summed E-state index contributed by atoms with van der Waals surface area (Å²) in [6, 6.07) is 0.554. The Kier molecular flexibility index (Phi) is 4.02. The maximum absolute atomic E-state index is 12.5. The van der Waals surface area contributed by atoms with E-state index in [9.17, 15) is 4.79 Å². The van der Waals surface area contributed by atoms with E-state index in [0.717, 1.165) is 17.7 Å². The van der Waals surface area contributed by atoms with Crippen molar-refractivity contribution in [3.8, 4) is 0 Å². The molecule has 2 aliphatic rings. The largest absolute Gasteiger partial charge is 0.348 e. The molecule has 116 valence electrons. The number of hydrogen-bond acceptors (Lipinski definition) is 3. The van der Waals surface area contributed by atoms with Gasteiger partial charge >= 0.3 is 0 Å². The molecule has 5 heteroatoms. The summed E-state index contributed by atoms with van der Waals surface area (Å²) in [5.41, 5.74) is 2.21. The number of amides is 1. The first kappa shape index (κ1) is 14.6. The van der Waals surface area contributed by atoms with Gasteiger partial charge in [-0.3, -0.25) is 9.48 Å². The van der Waals surface area contributed by atoms with Gasteiger partial charge in [0.15, 0.2) is 0 Å². The highest BCUT2D eigenvalue weighted by Gasteiger charge is 2.38. The third kappa shape index (κ3) is 2.84. The van der Waals surface area contributed by atoms with Crippen LogP contribution in [0.15, 0.2) is 6.20 Å². The molecule has 0 unspecified atom stereocenters. The summed E-state index contributed by atoms with van der Waals surface area (Å²) in [5, 5.41) is 10.9. The van der Waals surface area contributed by atoms with Crippen molar-refractivity contribution in [1.82, 2.24) is 20.4 Å². The highest BCUT2D eigenvalue weighted by atomic mass is 16.2. The summed E-state index contributed by atoms with van der Waals surface area (Å²) in [5.74, 6) is 0.838. The fourth-order valence-corrected chi connectivity index (χ4v) is 3.85. The second kappa shape index (κ2) is 5.79. The number of nitrogens with one attached hydrogen (secondary N) is 2. The quantitative estimate of drug-likeness (QED) is 0.893. The molecule has 2 N–H and O–H groups in total. The maximum atomic E-state index is 12.5. The second-order valence-electron chi connectivity index (χ2n) is 6.65. The van der Waals surface area contributed by atoms with Gasteiger partial charge in [-0.15, -0.1) is 0 Å². The lowest BCUT2D eigenvalue weighted by Gasteiger charge is -2.24. The lowest BCUT2D eigenvalue weighted by atomic mass is 9.85. The molecule has 0 aromatic carbocycles. The molecular weight excluding hydrogens is 264 g/mol. The second-order valence-corrected chi connectivity index (χ2v) is 6.65. The maximum Gasteiger partial charge on any atom is 0.237 e. The van der Waals surface area contributed by atoms with Crippen LogP contribution in [0.5, 0.6) is 0 Å². The molecule has 5 nitrogen and oxygen atoms in total. The molecule has 1 amide bonds. The van der Waals surface area contributed by atoms with E-state index in [2.05, 4.69) is 15.7 Å². The molecule has 1 aliphatic carbocycles. The van der Waals surface area contributed by atoms with Gasteiger partial charge in [-0.05, 0) is 39.0 Å². The van der Waals surface area contributed by atoms with Gasteiger partial charge in [0, 0.05) is 24.3 Å². The average Bonchev–Trinajstić information content (AvgIpc) is 3.03. The Hall–Kier alpha value is -1.36. The molecule has 1 aromatic heterocycles. The number of fused-ring (bicyclic) bond motifs is 1. The Balaban J connectivity index is 1.60. The van der Waals surface area contributed by atoms with E-state index in [1.54, 1.807) is 0 Å². The zero-order valence-corrected chi connectivity index (χ0v) is 13.2. The standard InChI is InChI=1S/C16H26N4O/c1-10(13-9-17-20(3)11(13)2)18-16(21)15-8-12-6-4-5-7-14(12)19-15/h9-10,12,14-15,19H,4-8H2,1-3H3,(H,18,21)/t10-,12-,14+,15-/m0/s1.